The summed E-state index contributed by atoms with van der Waals surface area (Å²) in [7, 11) is 0. The Morgan fingerprint density at radius 1 is 1.37 bits per heavy atom. The molecule has 2 aromatic rings. The zero-order valence-electron chi connectivity index (χ0n) is 11.5. The first kappa shape index (κ1) is 13.6. The monoisotopic (exact) mass is 261 g/mol. The summed E-state index contributed by atoms with van der Waals surface area (Å²) in [6, 6.07) is 1.80. The van der Waals surface area contributed by atoms with Crippen molar-refractivity contribution >= 4 is 0 Å². The molecule has 1 atom stereocenters. The van der Waals surface area contributed by atoms with Crippen LogP contribution < -0.4 is 11.3 Å². The molecule has 3 N–H and O–H groups in total. The molecule has 102 valence electrons. The third-order valence-electron chi connectivity index (χ3n) is 3.00. The Kier molecular flexibility index (Phi) is 4.18. The number of hydrazine groups is 1. The van der Waals surface area contributed by atoms with Gasteiger partial charge in [0.25, 0.3) is 0 Å². The van der Waals surface area contributed by atoms with E-state index in [1.807, 2.05) is 24.6 Å². The molecular formula is C12H19N7. The lowest BCUT2D eigenvalue weighted by molar-refractivity contribution is 0.509. The van der Waals surface area contributed by atoms with E-state index in [1.54, 1.807) is 6.20 Å². The highest BCUT2D eigenvalue weighted by atomic mass is 15.4. The third-order valence-corrected chi connectivity index (χ3v) is 3.00. The predicted octanol–water partition coefficient (Wildman–Crippen LogP) is 0.648. The van der Waals surface area contributed by atoms with Crippen molar-refractivity contribution in [2.24, 2.45) is 5.84 Å². The lowest BCUT2D eigenvalue weighted by Crippen LogP contribution is -2.31. The molecule has 2 heterocycles. The molecule has 2 aromatic heterocycles. The van der Waals surface area contributed by atoms with Gasteiger partial charge in [0.15, 0.2) is 0 Å². The Morgan fingerprint density at radius 3 is 2.84 bits per heavy atom. The summed E-state index contributed by atoms with van der Waals surface area (Å²) < 4.78 is 1.86. The van der Waals surface area contributed by atoms with Crippen LogP contribution in [-0.4, -0.2) is 25.2 Å². The van der Waals surface area contributed by atoms with Gasteiger partial charge in [0, 0.05) is 12.1 Å². The molecule has 0 spiro atoms. The smallest absolute Gasteiger partial charge is 0.0913 e. The first-order valence-corrected chi connectivity index (χ1v) is 6.32. The zero-order valence-corrected chi connectivity index (χ0v) is 11.5. The van der Waals surface area contributed by atoms with Gasteiger partial charge in [-0.15, -0.1) is 5.10 Å². The van der Waals surface area contributed by atoms with Crippen LogP contribution >= 0.6 is 0 Å². The van der Waals surface area contributed by atoms with Gasteiger partial charge in [0.1, 0.15) is 0 Å². The van der Waals surface area contributed by atoms with Gasteiger partial charge in [-0.05, 0) is 26.3 Å². The van der Waals surface area contributed by atoms with E-state index in [4.69, 9.17) is 5.84 Å². The Labute approximate surface area is 112 Å². The van der Waals surface area contributed by atoms with E-state index >= 15 is 0 Å². The summed E-state index contributed by atoms with van der Waals surface area (Å²) in [5.74, 6) is 5.71. The van der Waals surface area contributed by atoms with Crippen molar-refractivity contribution in [1.29, 1.82) is 0 Å². The van der Waals surface area contributed by atoms with Crippen LogP contribution in [0.1, 0.15) is 42.0 Å². The van der Waals surface area contributed by atoms with Crippen LogP contribution in [0, 0.1) is 13.8 Å². The van der Waals surface area contributed by atoms with Crippen LogP contribution in [0.4, 0.5) is 0 Å². The highest BCUT2D eigenvalue weighted by Gasteiger charge is 2.20. The zero-order chi connectivity index (χ0) is 13.8. The fourth-order valence-electron chi connectivity index (χ4n) is 2.07. The minimum atomic E-state index is -0.184. The summed E-state index contributed by atoms with van der Waals surface area (Å²) >= 11 is 0. The van der Waals surface area contributed by atoms with Gasteiger partial charge >= 0.3 is 0 Å². The molecule has 7 heteroatoms. The number of rotatable bonds is 5. The molecule has 0 aliphatic carbocycles. The average Bonchev–Trinajstić information content (AvgIpc) is 2.83. The Hall–Kier alpha value is -1.86. The van der Waals surface area contributed by atoms with E-state index in [2.05, 4.69) is 32.9 Å². The van der Waals surface area contributed by atoms with E-state index in [1.165, 1.54) is 0 Å². The van der Waals surface area contributed by atoms with Gasteiger partial charge in [-0.25, -0.2) is 10.1 Å². The maximum absolute atomic E-state index is 5.71. The maximum atomic E-state index is 5.71. The molecule has 0 aliphatic rings. The summed E-state index contributed by atoms with van der Waals surface area (Å²) in [5, 5.41) is 16.2. The predicted molar refractivity (Wildman–Crippen MR) is 71.0 cm³/mol. The van der Waals surface area contributed by atoms with Gasteiger partial charge < -0.3 is 0 Å². The van der Waals surface area contributed by atoms with Gasteiger partial charge in [0.2, 0.25) is 0 Å². The molecule has 7 nitrogen and oxygen atoms in total. The second-order valence-corrected chi connectivity index (χ2v) is 4.51. The van der Waals surface area contributed by atoms with E-state index in [0.29, 0.717) is 0 Å². The van der Waals surface area contributed by atoms with Crippen LogP contribution in [0.15, 0.2) is 12.3 Å². The highest BCUT2D eigenvalue weighted by molar-refractivity contribution is 5.30. The van der Waals surface area contributed by atoms with Crippen molar-refractivity contribution in [3.8, 4) is 0 Å². The normalized spacial score (nSPS) is 12.6. The average molecular weight is 261 g/mol. The van der Waals surface area contributed by atoms with Crippen molar-refractivity contribution in [3.05, 3.63) is 34.9 Å². The molecule has 0 aliphatic heterocycles. The van der Waals surface area contributed by atoms with Crippen molar-refractivity contribution in [2.75, 3.05) is 0 Å². The SMILES string of the molecule is CCCn1nncc1C(NN)c1cc(C)nnc1C. The second-order valence-electron chi connectivity index (χ2n) is 4.51. The van der Waals surface area contributed by atoms with Crippen LogP contribution in [-0.2, 0) is 6.54 Å². The molecule has 1 unspecified atom stereocenters. The fourth-order valence-corrected chi connectivity index (χ4v) is 2.07. The van der Waals surface area contributed by atoms with Crippen LogP contribution in [0.3, 0.4) is 0 Å². The summed E-state index contributed by atoms with van der Waals surface area (Å²) in [6.45, 7) is 6.73. The van der Waals surface area contributed by atoms with Crippen molar-refractivity contribution in [3.63, 3.8) is 0 Å². The standard InChI is InChI=1S/C12H19N7/c1-4-5-19-11(7-14-18-19)12(15-13)10-6-8(2)16-17-9(10)3/h6-7,12,15H,4-5,13H2,1-3H3. The maximum Gasteiger partial charge on any atom is 0.0913 e. The molecule has 0 aromatic carbocycles. The summed E-state index contributed by atoms with van der Waals surface area (Å²) in [4.78, 5) is 0. The fraction of sp³-hybridized carbons (Fsp3) is 0.500. The van der Waals surface area contributed by atoms with Gasteiger partial charge in [-0.1, -0.05) is 12.1 Å². The Bertz CT molecular complexity index is 549. The van der Waals surface area contributed by atoms with E-state index in [9.17, 15) is 0 Å². The second kappa shape index (κ2) is 5.85. The lowest BCUT2D eigenvalue weighted by atomic mass is 10.0. The molecular weight excluding hydrogens is 242 g/mol. The molecule has 0 saturated carbocycles. The number of nitrogens with zero attached hydrogens (tertiary/aromatic N) is 5. The van der Waals surface area contributed by atoms with E-state index < -0.39 is 0 Å². The minimum Gasteiger partial charge on any atom is -0.271 e. The van der Waals surface area contributed by atoms with E-state index in [-0.39, 0.29) is 6.04 Å². The Balaban J connectivity index is 2.44. The van der Waals surface area contributed by atoms with E-state index in [0.717, 1.165) is 35.6 Å². The summed E-state index contributed by atoms with van der Waals surface area (Å²) in [6.07, 6.45) is 2.72. The highest BCUT2D eigenvalue weighted by Crippen LogP contribution is 2.22. The van der Waals surface area contributed by atoms with Crippen molar-refractivity contribution in [2.45, 2.75) is 39.8 Å². The first-order valence-electron chi connectivity index (χ1n) is 6.32. The Morgan fingerprint density at radius 2 is 2.16 bits per heavy atom. The quantitative estimate of drug-likeness (QED) is 0.606. The van der Waals surface area contributed by atoms with Crippen LogP contribution in [0.2, 0.25) is 0 Å². The molecule has 0 bridgehead atoms. The first-order chi connectivity index (χ1) is 9.17. The van der Waals surface area contributed by atoms with Crippen molar-refractivity contribution in [1.82, 2.24) is 30.6 Å². The molecule has 19 heavy (non-hydrogen) atoms. The third kappa shape index (κ3) is 2.77. The number of nitrogens with one attached hydrogen (secondary N) is 1. The molecule has 0 radical (unpaired) electrons. The molecule has 2 rings (SSSR count). The minimum absolute atomic E-state index is 0.184. The molecule has 0 fully saturated rings. The number of hydrogen-bond donors (Lipinski definition) is 2. The van der Waals surface area contributed by atoms with Crippen LogP contribution in [0.25, 0.3) is 0 Å². The lowest BCUT2D eigenvalue weighted by Gasteiger charge is -2.18. The number of aromatic nitrogens is 5. The molecule has 0 saturated heterocycles. The van der Waals surface area contributed by atoms with Gasteiger partial charge in [-0.3, -0.25) is 5.84 Å². The number of hydrogen-bond acceptors (Lipinski definition) is 6. The van der Waals surface area contributed by atoms with Crippen molar-refractivity contribution < 1.29 is 0 Å². The number of nitrogens with two attached hydrogens (primary N) is 1. The van der Waals surface area contributed by atoms with Gasteiger partial charge in [0.05, 0.1) is 29.3 Å². The topological polar surface area (TPSA) is 94.5 Å². The largest absolute Gasteiger partial charge is 0.271 e. The van der Waals surface area contributed by atoms with Crippen LogP contribution in [0.5, 0.6) is 0 Å². The summed E-state index contributed by atoms with van der Waals surface area (Å²) in [5.41, 5.74) is 6.45. The number of aryl methyl sites for hydroxylation is 3. The molecule has 0 amide bonds. The van der Waals surface area contributed by atoms with Gasteiger partial charge in [-0.2, -0.15) is 10.2 Å².